The van der Waals surface area contributed by atoms with Gasteiger partial charge in [-0.25, -0.2) is 0 Å². The van der Waals surface area contributed by atoms with Crippen LogP contribution in [0.5, 0.6) is 0 Å². The minimum atomic E-state index is -1.22. The van der Waals surface area contributed by atoms with E-state index in [1.54, 1.807) is 12.1 Å². The summed E-state index contributed by atoms with van der Waals surface area (Å²) in [7, 11) is 0. The zero-order valence-corrected chi connectivity index (χ0v) is 9.22. The molecule has 4 heteroatoms. The molecule has 0 aromatic heterocycles. The molecule has 1 aliphatic rings. The van der Waals surface area contributed by atoms with E-state index in [1.165, 1.54) is 0 Å². The first-order valence-electron chi connectivity index (χ1n) is 5.44. The maximum Gasteiger partial charge on any atom is 0.324 e. The van der Waals surface area contributed by atoms with Gasteiger partial charge >= 0.3 is 5.97 Å². The van der Waals surface area contributed by atoms with Crippen molar-refractivity contribution in [2.75, 3.05) is 6.61 Å². The quantitative estimate of drug-likeness (QED) is 0.574. The number of hydrogen-bond acceptors (Lipinski definition) is 4. The van der Waals surface area contributed by atoms with Crippen LogP contribution in [0.2, 0.25) is 0 Å². The number of rotatable bonds is 3. The summed E-state index contributed by atoms with van der Waals surface area (Å²) >= 11 is 0. The summed E-state index contributed by atoms with van der Waals surface area (Å²) in [6.07, 6.45) is 0.225. The van der Waals surface area contributed by atoms with Gasteiger partial charge in [0.25, 0.3) is 0 Å². The van der Waals surface area contributed by atoms with Crippen molar-refractivity contribution in [3.05, 3.63) is 35.9 Å². The van der Waals surface area contributed by atoms with Crippen molar-refractivity contribution in [3.63, 3.8) is 0 Å². The Labute approximate surface area is 98.6 Å². The normalized spacial score (nSPS) is 19.9. The highest BCUT2D eigenvalue weighted by molar-refractivity contribution is 6.18. The van der Waals surface area contributed by atoms with Gasteiger partial charge in [0, 0.05) is 12.8 Å². The van der Waals surface area contributed by atoms with E-state index in [2.05, 4.69) is 0 Å². The summed E-state index contributed by atoms with van der Waals surface area (Å²) in [5.74, 6) is -2.64. The molecule has 4 nitrogen and oxygen atoms in total. The summed E-state index contributed by atoms with van der Waals surface area (Å²) in [4.78, 5) is 34.8. The highest BCUT2D eigenvalue weighted by atomic mass is 16.5. The number of carbonyl (C=O) groups is 3. The standard InChI is InChI=1S/C13H12O4/c14-10-6-7-17-13(16)12(10)11(15)8-9-4-2-1-3-5-9/h1-5,12H,6-8H2. The average molecular weight is 232 g/mol. The monoisotopic (exact) mass is 232 g/mol. The number of carbonyl (C=O) groups excluding carboxylic acids is 3. The van der Waals surface area contributed by atoms with Crippen LogP contribution in [0.25, 0.3) is 0 Å². The van der Waals surface area contributed by atoms with E-state index in [-0.39, 0.29) is 31.0 Å². The molecule has 88 valence electrons. The van der Waals surface area contributed by atoms with Crippen LogP contribution in [0.15, 0.2) is 30.3 Å². The molecule has 0 amide bonds. The third-order valence-electron chi connectivity index (χ3n) is 2.69. The minimum absolute atomic E-state index is 0.0896. The van der Waals surface area contributed by atoms with Crippen molar-refractivity contribution in [3.8, 4) is 0 Å². The second-order valence-electron chi connectivity index (χ2n) is 3.95. The molecule has 0 spiro atoms. The summed E-state index contributed by atoms with van der Waals surface area (Å²) in [5.41, 5.74) is 0.795. The smallest absolute Gasteiger partial charge is 0.324 e. The average Bonchev–Trinajstić information content (AvgIpc) is 2.30. The molecular formula is C13H12O4. The van der Waals surface area contributed by atoms with E-state index < -0.39 is 11.9 Å². The number of benzene rings is 1. The lowest BCUT2D eigenvalue weighted by atomic mass is 9.91. The summed E-state index contributed by atoms with van der Waals surface area (Å²) in [6, 6.07) is 9.04. The number of esters is 1. The van der Waals surface area contributed by atoms with Gasteiger partial charge in [0.1, 0.15) is 0 Å². The molecule has 1 aromatic rings. The van der Waals surface area contributed by atoms with Crippen molar-refractivity contribution in [1.82, 2.24) is 0 Å². The van der Waals surface area contributed by atoms with E-state index >= 15 is 0 Å². The highest BCUT2D eigenvalue weighted by Crippen LogP contribution is 2.15. The molecule has 1 atom stereocenters. The van der Waals surface area contributed by atoms with Crippen LogP contribution in [0.1, 0.15) is 12.0 Å². The Bertz CT molecular complexity index is 434. The van der Waals surface area contributed by atoms with Gasteiger partial charge in [0.15, 0.2) is 17.5 Å². The Morgan fingerprint density at radius 3 is 2.59 bits per heavy atom. The fourth-order valence-electron chi connectivity index (χ4n) is 1.82. The summed E-state index contributed by atoms with van der Waals surface area (Å²) < 4.78 is 4.74. The van der Waals surface area contributed by atoms with Crippen molar-refractivity contribution >= 4 is 17.5 Å². The van der Waals surface area contributed by atoms with Gasteiger partial charge in [-0.05, 0) is 5.56 Å². The van der Waals surface area contributed by atoms with Gasteiger partial charge in [-0.15, -0.1) is 0 Å². The van der Waals surface area contributed by atoms with E-state index in [0.29, 0.717) is 0 Å². The number of cyclic esters (lactones) is 1. The third-order valence-corrected chi connectivity index (χ3v) is 2.69. The van der Waals surface area contributed by atoms with Gasteiger partial charge in [0.2, 0.25) is 0 Å². The fraction of sp³-hybridized carbons (Fsp3) is 0.308. The third kappa shape index (κ3) is 2.58. The van der Waals surface area contributed by atoms with Crippen LogP contribution in [0.4, 0.5) is 0 Å². The van der Waals surface area contributed by atoms with Crippen LogP contribution in [-0.2, 0) is 25.5 Å². The number of ether oxygens (including phenoxy) is 1. The van der Waals surface area contributed by atoms with Gasteiger partial charge in [-0.2, -0.15) is 0 Å². The van der Waals surface area contributed by atoms with Crippen LogP contribution >= 0.6 is 0 Å². The molecule has 0 saturated carbocycles. The van der Waals surface area contributed by atoms with Gasteiger partial charge < -0.3 is 4.74 Å². The van der Waals surface area contributed by atoms with E-state index in [4.69, 9.17) is 4.74 Å². The van der Waals surface area contributed by atoms with E-state index in [0.717, 1.165) is 5.56 Å². The topological polar surface area (TPSA) is 60.4 Å². The van der Waals surface area contributed by atoms with Crippen LogP contribution in [0.3, 0.4) is 0 Å². The first kappa shape index (κ1) is 11.5. The lowest BCUT2D eigenvalue weighted by Crippen LogP contribution is -2.39. The van der Waals surface area contributed by atoms with Crippen LogP contribution < -0.4 is 0 Å². The van der Waals surface area contributed by atoms with Crippen molar-refractivity contribution in [2.24, 2.45) is 5.92 Å². The Hall–Kier alpha value is -1.97. The predicted octanol–water partition coefficient (Wildman–Crippen LogP) is 0.930. The molecule has 0 N–H and O–H groups in total. The van der Waals surface area contributed by atoms with Crippen molar-refractivity contribution in [1.29, 1.82) is 0 Å². The molecule has 1 heterocycles. The molecule has 1 fully saturated rings. The van der Waals surface area contributed by atoms with Crippen LogP contribution in [-0.4, -0.2) is 24.1 Å². The minimum Gasteiger partial charge on any atom is -0.464 e. The summed E-state index contributed by atoms with van der Waals surface area (Å²) in [5, 5.41) is 0. The molecule has 1 saturated heterocycles. The summed E-state index contributed by atoms with van der Waals surface area (Å²) in [6.45, 7) is 0.0901. The van der Waals surface area contributed by atoms with Crippen molar-refractivity contribution < 1.29 is 19.1 Å². The lowest BCUT2D eigenvalue weighted by Gasteiger charge is -2.18. The highest BCUT2D eigenvalue weighted by Gasteiger charge is 2.37. The van der Waals surface area contributed by atoms with Gasteiger partial charge in [0.05, 0.1) is 6.61 Å². The van der Waals surface area contributed by atoms with Crippen LogP contribution in [0, 0.1) is 5.92 Å². The first-order chi connectivity index (χ1) is 8.18. The maximum absolute atomic E-state index is 11.9. The SMILES string of the molecule is O=C1CCOC(=O)C1C(=O)Cc1ccccc1. The predicted molar refractivity (Wildman–Crippen MR) is 59.2 cm³/mol. The number of Topliss-reactive ketones (excluding diaryl/α,β-unsaturated/α-hetero) is 2. The largest absolute Gasteiger partial charge is 0.464 e. The lowest BCUT2D eigenvalue weighted by molar-refractivity contribution is -0.160. The molecular weight excluding hydrogens is 220 g/mol. The number of hydrogen-bond donors (Lipinski definition) is 0. The molecule has 0 radical (unpaired) electrons. The Kier molecular flexibility index (Phi) is 3.32. The fourth-order valence-corrected chi connectivity index (χ4v) is 1.82. The molecule has 17 heavy (non-hydrogen) atoms. The van der Waals surface area contributed by atoms with E-state index in [1.807, 2.05) is 18.2 Å². The van der Waals surface area contributed by atoms with Gasteiger partial charge in [-0.3, -0.25) is 14.4 Å². The maximum atomic E-state index is 11.9. The second kappa shape index (κ2) is 4.91. The second-order valence-corrected chi connectivity index (χ2v) is 3.95. The Morgan fingerprint density at radius 1 is 1.24 bits per heavy atom. The Balaban J connectivity index is 2.09. The molecule has 2 rings (SSSR count). The Morgan fingerprint density at radius 2 is 1.94 bits per heavy atom. The van der Waals surface area contributed by atoms with Gasteiger partial charge in [-0.1, -0.05) is 30.3 Å². The molecule has 1 unspecified atom stereocenters. The zero-order valence-electron chi connectivity index (χ0n) is 9.22. The van der Waals surface area contributed by atoms with Crippen molar-refractivity contribution in [2.45, 2.75) is 12.8 Å². The molecule has 0 aliphatic carbocycles. The zero-order chi connectivity index (χ0) is 12.3. The first-order valence-corrected chi connectivity index (χ1v) is 5.44. The molecule has 1 aromatic carbocycles. The number of ketones is 2. The van der Waals surface area contributed by atoms with E-state index in [9.17, 15) is 14.4 Å². The molecule has 0 bridgehead atoms. The molecule has 1 aliphatic heterocycles.